The van der Waals surface area contributed by atoms with Crippen LogP contribution in [0.5, 0.6) is 0 Å². The monoisotopic (exact) mass is 501 g/mol. The second-order valence-corrected chi connectivity index (χ2v) is 8.70. The number of halogens is 4. The fourth-order valence-electron chi connectivity index (χ4n) is 2.57. The van der Waals surface area contributed by atoms with Crippen LogP contribution in [0.1, 0.15) is 25.3 Å². The number of carbonyl (C=O) groups excluding carboxylic acids is 2. The Morgan fingerprint density at radius 2 is 1.70 bits per heavy atom. The first-order valence-corrected chi connectivity index (χ1v) is 11.1. The molecule has 1 rings (SSSR count). The van der Waals surface area contributed by atoms with Crippen molar-refractivity contribution in [3.63, 3.8) is 0 Å². The van der Waals surface area contributed by atoms with E-state index in [1.54, 1.807) is 0 Å². The van der Waals surface area contributed by atoms with E-state index in [4.69, 9.17) is 60.7 Å². The first kappa shape index (κ1) is 27.3. The zero-order valence-electron chi connectivity index (χ0n) is 17.1. The molecule has 0 heterocycles. The molecule has 5 atom stereocenters. The molecule has 30 heavy (non-hydrogen) atoms. The van der Waals surface area contributed by atoms with Crippen molar-refractivity contribution in [1.82, 2.24) is 5.06 Å². The molecule has 0 saturated carbocycles. The molecule has 0 saturated heterocycles. The molecule has 10 heteroatoms. The summed E-state index contributed by atoms with van der Waals surface area (Å²) in [5.41, 5.74) is 1.05. The number of nitrogens with zero attached hydrogens (tertiary/aromatic N) is 1. The van der Waals surface area contributed by atoms with Crippen LogP contribution in [-0.2, 0) is 30.5 Å². The van der Waals surface area contributed by atoms with E-state index in [2.05, 4.69) is 0 Å². The van der Waals surface area contributed by atoms with Crippen LogP contribution in [0.25, 0.3) is 0 Å². The van der Waals surface area contributed by atoms with Gasteiger partial charge in [0.2, 0.25) is 0 Å². The van der Waals surface area contributed by atoms with Gasteiger partial charge in [-0.3, -0.25) is 14.4 Å². The Kier molecular flexibility index (Phi) is 13.0. The standard InChI is InChI=1S/C20H27Cl4NO5/c1-13(26)30-17(11-16(22)19(24)20(27)25(2)28-3)18(23)15(21)9-10-29-12-14-7-5-4-6-8-14/h4-8,15-19H,9-12H2,1-3H3/t15-,16+,17+,18+,19+/m1/s1. The summed E-state index contributed by atoms with van der Waals surface area (Å²) in [6.07, 6.45) is -0.353. The summed E-state index contributed by atoms with van der Waals surface area (Å²) in [7, 11) is 2.75. The lowest BCUT2D eigenvalue weighted by molar-refractivity contribution is -0.168. The highest BCUT2D eigenvalue weighted by Crippen LogP contribution is 2.27. The fourth-order valence-corrected chi connectivity index (χ4v) is 3.62. The van der Waals surface area contributed by atoms with Crippen molar-refractivity contribution in [3.05, 3.63) is 35.9 Å². The topological polar surface area (TPSA) is 65.1 Å². The van der Waals surface area contributed by atoms with E-state index in [-0.39, 0.29) is 6.42 Å². The van der Waals surface area contributed by atoms with Gasteiger partial charge in [0.05, 0.1) is 29.8 Å². The SMILES string of the molecule is CON(C)C(=O)[C@@H](Cl)[C@@H](Cl)C[C@H](OC(C)=O)[C@@H](Cl)[C@H](Cl)CCOCc1ccccc1. The number of hydrogen-bond donors (Lipinski definition) is 0. The Labute approximate surface area is 197 Å². The maximum atomic E-state index is 12.1. The number of hydroxylamine groups is 2. The van der Waals surface area contributed by atoms with Gasteiger partial charge in [0.1, 0.15) is 11.5 Å². The van der Waals surface area contributed by atoms with Crippen LogP contribution >= 0.6 is 46.4 Å². The van der Waals surface area contributed by atoms with E-state index in [0.717, 1.165) is 10.6 Å². The Morgan fingerprint density at radius 3 is 2.27 bits per heavy atom. The lowest BCUT2D eigenvalue weighted by Crippen LogP contribution is -2.42. The number of amides is 1. The van der Waals surface area contributed by atoms with E-state index in [9.17, 15) is 9.59 Å². The molecule has 0 bridgehead atoms. The minimum absolute atomic E-state index is 0.0425. The van der Waals surface area contributed by atoms with Crippen molar-refractivity contribution in [2.24, 2.45) is 0 Å². The Balaban J connectivity index is 2.60. The first-order valence-electron chi connectivity index (χ1n) is 9.34. The number of benzene rings is 1. The van der Waals surface area contributed by atoms with Crippen molar-refractivity contribution in [2.45, 2.75) is 54.0 Å². The van der Waals surface area contributed by atoms with Crippen LogP contribution in [0.3, 0.4) is 0 Å². The van der Waals surface area contributed by atoms with Gasteiger partial charge in [-0.25, -0.2) is 5.06 Å². The number of esters is 1. The number of alkyl halides is 4. The van der Waals surface area contributed by atoms with E-state index in [1.165, 1.54) is 21.1 Å². The lowest BCUT2D eigenvalue weighted by atomic mass is 10.0. The highest BCUT2D eigenvalue weighted by Gasteiger charge is 2.35. The molecule has 6 nitrogen and oxygen atoms in total. The molecule has 0 aliphatic heterocycles. The highest BCUT2D eigenvalue weighted by molar-refractivity contribution is 6.37. The molecule has 1 amide bonds. The lowest BCUT2D eigenvalue weighted by Gasteiger charge is -2.28. The third kappa shape index (κ3) is 9.58. The van der Waals surface area contributed by atoms with Gasteiger partial charge in [-0.2, -0.15) is 0 Å². The molecule has 0 N–H and O–H groups in total. The highest BCUT2D eigenvalue weighted by atomic mass is 35.5. The molecule has 0 unspecified atom stereocenters. The van der Waals surface area contributed by atoms with E-state index < -0.39 is 39.5 Å². The summed E-state index contributed by atoms with van der Waals surface area (Å²) in [5, 5.41) is -2.29. The smallest absolute Gasteiger partial charge is 0.302 e. The fraction of sp³-hybridized carbons (Fsp3) is 0.600. The molecular weight excluding hydrogens is 476 g/mol. The Hall–Kier alpha value is -0.760. The van der Waals surface area contributed by atoms with Crippen LogP contribution in [0, 0.1) is 0 Å². The van der Waals surface area contributed by atoms with Gasteiger partial charge in [-0.1, -0.05) is 30.3 Å². The largest absolute Gasteiger partial charge is 0.461 e. The van der Waals surface area contributed by atoms with Gasteiger partial charge in [-0.15, -0.1) is 46.4 Å². The average Bonchev–Trinajstić information content (AvgIpc) is 2.74. The van der Waals surface area contributed by atoms with Crippen molar-refractivity contribution >= 4 is 58.3 Å². The van der Waals surface area contributed by atoms with Crippen molar-refractivity contribution < 1.29 is 23.9 Å². The molecule has 0 fully saturated rings. The normalized spacial score (nSPS) is 16.2. The third-order valence-electron chi connectivity index (χ3n) is 4.26. The average molecular weight is 503 g/mol. The Morgan fingerprint density at radius 1 is 1.07 bits per heavy atom. The summed E-state index contributed by atoms with van der Waals surface area (Å²) < 4.78 is 10.9. The summed E-state index contributed by atoms with van der Waals surface area (Å²) in [6, 6.07) is 9.73. The third-order valence-corrected chi connectivity index (χ3v) is 6.52. The van der Waals surface area contributed by atoms with Gasteiger partial charge in [-0.05, 0) is 12.0 Å². The first-order chi connectivity index (χ1) is 14.2. The molecule has 0 radical (unpaired) electrons. The van der Waals surface area contributed by atoms with Crippen molar-refractivity contribution in [3.8, 4) is 0 Å². The van der Waals surface area contributed by atoms with E-state index in [0.29, 0.717) is 19.6 Å². The zero-order chi connectivity index (χ0) is 22.7. The minimum atomic E-state index is -1.10. The summed E-state index contributed by atoms with van der Waals surface area (Å²) in [5.74, 6) is -1.06. The second kappa shape index (κ2) is 14.3. The van der Waals surface area contributed by atoms with Crippen LogP contribution < -0.4 is 0 Å². The van der Waals surface area contributed by atoms with Gasteiger partial charge in [0, 0.05) is 27.0 Å². The van der Waals surface area contributed by atoms with Gasteiger partial charge in [0.15, 0.2) is 0 Å². The van der Waals surface area contributed by atoms with Crippen LogP contribution in [-0.4, -0.2) is 65.3 Å². The summed E-state index contributed by atoms with van der Waals surface area (Å²) in [6.45, 7) is 2.09. The Bertz CT molecular complexity index is 651. The molecular formula is C20H27Cl4NO5. The summed E-state index contributed by atoms with van der Waals surface area (Å²) in [4.78, 5) is 28.5. The van der Waals surface area contributed by atoms with Crippen LogP contribution in [0.4, 0.5) is 0 Å². The minimum Gasteiger partial charge on any atom is -0.461 e. The molecule has 1 aromatic carbocycles. The van der Waals surface area contributed by atoms with Crippen LogP contribution in [0.2, 0.25) is 0 Å². The quantitative estimate of drug-likeness (QED) is 0.173. The number of hydrogen-bond acceptors (Lipinski definition) is 5. The van der Waals surface area contributed by atoms with E-state index in [1.807, 2.05) is 30.3 Å². The number of rotatable bonds is 13. The molecule has 1 aromatic rings. The maximum Gasteiger partial charge on any atom is 0.302 e. The van der Waals surface area contributed by atoms with Crippen LogP contribution in [0.15, 0.2) is 30.3 Å². The molecule has 0 aromatic heterocycles. The maximum absolute atomic E-state index is 12.1. The molecule has 170 valence electrons. The van der Waals surface area contributed by atoms with Gasteiger partial charge < -0.3 is 9.47 Å². The predicted octanol–water partition coefficient (Wildman–Crippen LogP) is 4.36. The van der Waals surface area contributed by atoms with Crippen molar-refractivity contribution in [1.29, 1.82) is 0 Å². The summed E-state index contributed by atoms with van der Waals surface area (Å²) >= 11 is 25.3. The van der Waals surface area contributed by atoms with Gasteiger partial charge >= 0.3 is 5.97 Å². The molecule has 0 spiro atoms. The number of carbonyl (C=O) groups is 2. The van der Waals surface area contributed by atoms with Crippen molar-refractivity contribution in [2.75, 3.05) is 20.8 Å². The number of ether oxygens (including phenoxy) is 2. The second-order valence-electron chi connectivity index (χ2n) is 6.61. The molecule has 0 aliphatic carbocycles. The zero-order valence-corrected chi connectivity index (χ0v) is 20.1. The van der Waals surface area contributed by atoms with Gasteiger partial charge in [0.25, 0.3) is 5.91 Å². The van der Waals surface area contributed by atoms with E-state index >= 15 is 0 Å². The molecule has 0 aliphatic rings. The predicted molar refractivity (Wildman–Crippen MR) is 119 cm³/mol.